The molecule has 0 aliphatic carbocycles. The largest absolute Gasteiger partial charge is 0.382 e. The molecular formula is C3H6NO5S. The van der Waals surface area contributed by atoms with E-state index in [1.807, 2.05) is 0 Å². The lowest BCUT2D eigenvalue weighted by Gasteiger charge is -2.00. The summed E-state index contributed by atoms with van der Waals surface area (Å²) >= 11 is 0. The number of hydrogen-bond acceptors (Lipinski definition) is 4. The number of aliphatic hydroxyl groups excluding tert-OH is 1. The Morgan fingerprint density at radius 1 is 1.60 bits per heavy atom. The van der Waals surface area contributed by atoms with Crippen molar-refractivity contribution in [3.05, 3.63) is 0 Å². The van der Waals surface area contributed by atoms with Crippen molar-refractivity contribution in [1.29, 1.82) is 0 Å². The van der Waals surface area contributed by atoms with Gasteiger partial charge in [0.1, 0.15) is 5.75 Å². The summed E-state index contributed by atoms with van der Waals surface area (Å²) in [6, 6.07) is 0. The maximum atomic E-state index is 9.91. The van der Waals surface area contributed by atoms with Crippen LogP contribution in [0, 0.1) is 0 Å². The van der Waals surface area contributed by atoms with Gasteiger partial charge in [0.05, 0.1) is 0 Å². The molecule has 1 unspecified atom stereocenters. The number of hydrogen-bond donors (Lipinski definition) is 2. The van der Waals surface area contributed by atoms with Gasteiger partial charge in [0.2, 0.25) is 0 Å². The average Bonchev–Trinajstić information content (AvgIpc) is 1.60. The topological polar surface area (TPSA) is 115 Å². The third kappa shape index (κ3) is 4.24. The van der Waals surface area contributed by atoms with E-state index in [4.69, 9.17) is 15.4 Å². The van der Waals surface area contributed by atoms with Crippen molar-refractivity contribution in [1.82, 2.24) is 5.73 Å². The Labute approximate surface area is 57.4 Å². The van der Waals surface area contributed by atoms with Gasteiger partial charge in [0.25, 0.3) is 16.0 Å². The summed E-state index contributed by atoms with van der Waals surface area (Å²) in [6.45, 7) is 0. The van der Waals surface area contributed by atoms with Crippen molar-refractivity contribution >= 4 is 16.0 Å². The zero-order valence-corrected chi connectivity index (χ0v) is 5.63. The van der Waals surface area contributed by atoms with Gasteiger partial charge in [-0.25, -0.2) is 0 Å². The Morgan fingerprint density at radius 2 is 2.00 bits per heavy atom. The highest BCUT2D eigenvalue weighted by molar-refractivity contribution is 7.85. The van der Waals surface area contributed by atoms with Crippen molar-refractivity contribution in [3.8, 4) is 0 Å². The summed E-state index contributed by atoms with van der Waals surface area (Å²) in [6.07, 6.45) is -1.95. The van der Waals surface area contributed by atoms with Crippen LogP contribution in [0.5, 0.6) is 0 Å². The molecule has 0 spiro atoms. The minimum absolute atomic E-state index is 1.12. The highest BCUT2D eigenvalue weighted by Gasteiger charge is 2.18. The van der Waals surface area contributed by atoms with E-state index < -0.39 is 27.9 Å². The van der Waals surface area contributed by atoms with Gasteiger partial charge in [-0.15, -0.1) is 0 Å². The van der Waals surface area contributed by atoms with Crippen LogP contribution in [-0.2, 0) is 14.9 Å². The molecule has 1 atom stereocenters. The molecule has 10 heavy (non-hydrogen) atoms. The summed E-state index contributed by atoms with van der Waals surface area (Å²) in [5, 5.41) is 8.39. The Morgan fingerprint density at radius 3 is 2.10 bits per heavy atom. The molecule has 0 saturated carbocycles. The van der Waals surface area contributed by atoms with Gasteiger partial charge in [-0.05, 0) is 0 Å². The smallest absolute Gasteiger partial charge is 0.268 e. The molecule has 3 N–H and O–H groups in total. The van der Waals surface area contributed by atoms with Crippen LogP contribution < -0.4 is 5.73 Å². The lowest BCUT2D eigenvalue weighted by Crippen LogP contribution is -2.29. The number of nitrogens with one attached hydrogen (secondary N) is 1. The van der Waals surface area contributed by atoms with Gasteiger partial charge in [-0.2, -0.15) is 8.42 Å². The lowest BCUT2D eigenvalue weighted by molar-refractivity contribution is -0.125. The predicted octanol–water partition coefficient (Wildman–Crippen LogP) is -1.96. The van der Waals surface area contributed by atoms with Crippen molar-refractivity contribution in [3.63, 3.8) is 0 Å². The van der Waals surface area contributed by atoms with Crippen LogP contribution in [0.4, 0.5) is 0 Å². The molecule has 0 bridgehead atoms. The molecule has 7 heteroatoms. The number of rotatable bonds is 3. The number of carbonyl (C=O) groups is 1. The standard InChI is InChI=1S/C3H6NO5S/c4-3(6)2(5)1-10(7,8)9/h2,4-5H,1H2,(H,7,8,9). The number of amides is 1. The lowest BCUT2D eigenvalue weighted by atomic mass is 10.4. The normalized spacial score (nSPS) is 14.6. The molecule has 0 heterocycles. The number of carbonyl (C=O) groups excluding carboxylic acids is 1. The van der Waals surface area contributed by atoms with E-state index >= 15 is 0 Å². The average molecular weight is 168 g/mol. The Kier molecular flexibility index (Phi) is 2.76. The van der Waals surface area contributed by atoms with Gasteiger partial charge in [0, 0.05) is 0 Å². The van der Waals surface area contributed by atoms with Crippen LogP contribution in [0.15, 0.2) is 0 Å². The first-order valence-corrected chi connectivity index (χ1v) is 3.82. The molecule has 0 aromatic rings. The van der Waals surface area contributed by atoms with Crippen LogP contribution in [0.1, 0.15) is 0 Å². The van der Waals surface area contributed by atoms with Crippen molar-refractivity contribution in [2.45, 2.75) is 6.10 Å². The highest BCUT2D eigenvalue weighted by Crippen LogP contribution is 1.88. The van der Waals surface area contributed by atoms with E-state index in [1.54, 1.807) is 0 Å². The monoisotopic (exact) mass is 168 g/mol. The van der Waals surface area contributed by atoms with Crippen LogP contribution in [0.3, 0.4) is 0 Å². The second-order valence-corrected chi connectivity index (χ2v) is 3.13. The third-order valence-corrected chi connectivity index (χ3v) is 1.41. The summed E-state index contributed by atoms with van der Waals surface area (Å²) < 4.78 is 27.8. The summed E-state index contributed by atoms with van der Waals surface area (Å²) in [5.41, 5.74) is 6.20. The second kappa shape index (κ2) is 2.95. The fraction of sp³-hybridized carbons (Fsp3) is 0.667. The molecule has 0 saturated heterocycles. The number of aliphatic hydroxyl groups is 1. The van der Waals surface area contributed by atoms with E-state index in [9.17, 15) is 13.2 Å². The quantitative estimate of drug-likeness (QED) is 0.475. The van der Waals surface area contributed by atoms with Crippen LogP contribution in [0.25, 0.3) is 0 Å². The first kappa shape index (κ1) is 9.34. The Bertz CT molecular complexity index is 219. The molecule has 1 radical (unpaired) electrons. The molecular weight excluding hydrogens is 162 g/mol. The first-order chi connectivity index (χ1) is 4.33. The van der Waals surface area contributed by atoms with Gasteiger partial charge < -0.3 is 5.11 Å². The fourth-order valence-electron chi connectivity index (χ4n) is 0.275. The molecule has 0 rings (SSSR count). The predicted molar refractivity (Wildman–Crippen MR) is 30.5 cm³/mol. The van der Waals surface area contributed by atoms with Gasteiger partial charge in [-0.1, -0.05) is 0 Å². The van der Waals surface area contributed by atoms with E-state index in [-0.39, 0.29) is 0 Å². The minimum Gasteiger partial charge on any atom is -0.382 e. The highest BCUT2D eigenvalue weighted by atomic mass is 32.2. The van der Waals surface area contributed by atoms with Crippen molar-refractivity contribution in [2.75, 3.05) is 5.75 Å². The first-order valence-electron chi connectivity index (χ1n) is 2.21. The Balaban J connectivity index is 4.06. The molecule has 0 aromatic heterocycles. The fourth-order valence-corrected chi connectivity index (χ4v) is 0.826. The SMILES string of the molecule is [NH]C(=O)C(O)CS(=O)(=O)O. The molecule has 59 valence electrons. The maximum Gasteiger partial charge on any atom is 0.268 e. The van der Waals surface area contributed by atoms with Crippen LogP contribution in [0.2, 0.25) is 0 Å². The van der Waals surface area contributed by atoms with Gasteiger partial charge >= 0.3 is 0 Å². The zero-order valence-electron chi connectivity index (χ0n) is 4.81. The van der Waals surface area contributed by atoms with E-state index in [1.165, 1.54) is 0 Å². The van der Waals surface area contributed by atoms with Gasteiger partial charge in [-0.3, -0.25) is 15.1 Å². The van der Waals surface area contributed by atoms with Crippen LogP contribution >= 0.6 is 0 Å². The summed E-state index contributed by atoms with van der Waals surface area (Å²) in [7, 11) is -4.36. The second-order valence-electron chi connectivity index (χ2n) is 1.63. The zero-order chi connectivity index (χ0) is 8.36. The van der Waals surface area contributed by atoms with Crippen molar-refractivity contribution < 1.29 is 22.9 Å². The molecule has 1 amide bonds. The molecule has 0 fully saturated rings. The van der Waals surface area contributed by atoms with E-state index in [0.29, 0.717) is 0 Å². The molecule has 6 nitrogen and oxygen atoms in total. The molecule has 0 aliphatic rings. The van der Waals surface area contributed by atoms with Crippen LogP contribution in [-0.4, -0.2) is 35.8 Å². The third-order valence-electron chi connectivity index (χ3n) is 0.671. The summed E-state index contributed by atoms with van der Waals surface area (Å²) in [5.74, 6) is -2.55. The maximum absolute atomic E-state index is 9.91. The molecule has 0 aliphatic heterocycles. The van der Waals surface area contributed by atoms with Gasteiger partial charge in [0.15, 0.2) is 6.10 Å². The van der Waals surface area contributed by atoms with E-state index in [0.717, 1.165) is 0 Å². The molecule has 0 aromatic carbocycles. The van der Waals surface area contributed by atoms with E-state index in [2.05, 4.69) is 0 Å². The Hall–Kier alpha value is -0.660. The minimum atomic E-state index is -4.36. The van der Waals surface area contributed by atoms with Crippen molar-refractivity contribution in [2.24, 2.45) is 0 Å². The summed E-state index contributed by atoms with van der Waals surface area (Å²) in [4.78, 5) is 9.86.